The van der Waals surface area contributed by atoms with Gasteiger partial charge >= 0.3 is 0 Å². The van der Waals surface area contributed by atoms with Crippen molar-refractivity contribution in [1.82, 2.24) is 5.32 Å². The number of rotatable bonds is 8. The van der Waals surface area contributed by atoms with Gasteiger partial charge in [-0.15, -0.1) is 0 Å². The molecule has 1 heterocycles. The van der Waals surface area contributed by atoms with E-state index < -0.39 is 0 Å². The van der Waals surface area contributed by atoms with Gasteiger partial charge in [0.2, 0.25) is 0 Å². The van der Waals surface area contributed by atoms with Gasteiger partial charge < -0.3 is 14.5 Å². The maximum atomic E-state index is 5.90. The zero-order chi connectivity index (χ0) is 14.2. The molecular formula is C15H17BrClNO2. The summed E-state index contributed by atoms with van der Waals surface area (Å²) in [4.78, 5) is 0. The van der Waals surface area contributed by atoms with Crippen molar-refractivity contribution in [1.29, 1.82) is 0 Å². The van der Waals surface area contributed by atoms with Gasteiger partial charge in [-0.25, -0.2) is 0 Å². The zero-order valence-electron chi connectivity index (χ0n) is 11.1. The highest BCUT2D eigenvalue weighted by molar-refractivity contribution is 9.10. The summed E-state index contributed by atoms with van der Waals surface area (Å²) in [6.45, 7) is 2.98. The number of hydrogen-bond donors (Lipinski definition) is 1. The van der Waals surface area contributed by atoms with Crippen LogP contribution in [0.2, 0.25) is 5.02 Å². The minimum absolute atomic E-state index is 0.537. The Hall–Kier alpha value is -0.810. The predicted octanol–water partition coefficient (Wildman–Crippen LogP) is 4.39. The quantitative estimate of drug-likeness (QED) is 0.711. The second-order valence-electron chi connectivity index (χ2n) is 4.40. The average molecular weight is 359 g/mol. The van der Waals surface area contributed by atoms with Gasteiger partial charge in [0, 0.05) is 22.6 Å². The van der Waals surface area contributed by atoms with E-state index >= 15 is 0 Å². The van der Waals surface area contributed by atoms with E-state index in [1.165, 1.54) is 5.56 Å². The average Bonchev–Trinajstić information content (AvgIpc) is 2.93. The van der Waals surface area contributed by atoms with E-state index in [0.29, 0.717) is 6.61 Å². The maximum absolute atomic E-state index is 5.90. The van der Waals surface area contributed by atoms with Gasteiger partial charge in [0.15, 0.2) is 0 Å². The standard InChI is InChI=1S/C15H17BrClNO2/c16-15-9-13(17)5-4-12(15)10-18-6-2-7-19-11-14-3-1-8-20-14/h1,3-5,8-9,18H,2,6-7,10-11H2. The van der Waals surface area contributed by atoms with Crippen molar-refractivity contribution in [2.45, 2.75) is 19.6 Å². The monoisotopic (exact) mass is 357 g/mol. The smallest absolute Gasteiger partial charge is 0.129 e. The third-order valence-corrected chi connectivity index (χ3v) is 3.77. The molecule has 3 nitrogen and oxygen atoms in total. The van der Waals surface area contributed by atoms with Gasteiger partial charge in [0.05, 0.1) is 6.26 Å². The van der Waals surface area contributed by atoms with Crippen LogP contribution >= 0.6 is 27.5 Å². The van der Waals surface area contributed by atoms with Crippen molar-refractivity contribution in [3.63, 3.8) is 0 Å². The Bertz CT molecular complexity index is 517. The molecule has 0 atom stereocenters. The number of ether oxygens (including phenoxy) is 1. The van der Waals surface area contributed by atoms with Crippen LogP contribution in [-0.4, -0.2) is 13.2 Å². The van der Waals surface area contributed by atoms with Crippen LogP contribution in [0.1, 0.15) is 17.7 Å². The fourth-order valence-corrected chi connectivity index (χ4v) is 2.58. The molecular weight excluding hydrogens is 342 g/mol. The van der Waals surface area contributed by atoms with Gasteiger partial charge in [0.1, 0.15) is 12.4 Å². The van der Waals surface area contributed by atoms with Crippen LogP contribution in [0.15, 0.2) is 45.5 Å². The van der Waals surface area contributed by atoms with Crippen LogP contribution in [0, 0.1) is 0 Å². The minimum atomic E-state index is 0.537. The van der Waals surface area contributed by atoms with Crippen LogP contribution in [0.3, 0.4) is 0 Å². The highest BCUT2D eigenvalue weighted by Crippen LogP contribution is 2.21. The fraction of sp³-hybridized carbons (Fsp3) is 0.333. The summed E-state index contributed by atoms with van der Waals surface area (Å²) in [7, 11) is 0. The molecule has 0 bridgehead atoms. The molecule has 0 saturated carbocycles. The van der Waals surface area contributed by atoms with Crippen LogP contribution in [0.4, 0.5) is 0 Å². The predicted molar refractivity (Wildman–Crippen MR) is 83.8 cm³/mol. The van der Waals surface area contributed by atoms with Crippen molar-refractivity contribution in [3.8, 4) is 0 Å². The Labute approximate surface area is 132 Å². The molecule has 0 spiro atoms. The van der Waals surface area contributed by atoms with Crippen LogP contribution in [0.25, 0.3) is 0 Å². The molecule has 108 valence electrons. The first-order chi connectivity index (χ1) is 9.75. The zero-order valence-corrected chi connectivity index (χ0v) is 13.4. The molecule has 0 radical (unpaired) electrons. The largest absolute Gasteiger partial charge is 0.467 e. The lowest BCUT2D eigenvalue weighted by molar-refractivity contribution is 0.104. The third-order valence-electron chi connectivity index (χ3n) is 2.80. The lowest BCUT2D eigenvalue weighted by Gasteiger charge is -2.07. The SMILES string of the molecule is Clc1ccc(CNCCCOCc2ccco2)c(Br)c1. The molecule has 0 aliphatic heterocycles. The van der Waals surface area contributed by atoms with Crippen molar-refractivity contribution in [2.75, 3.05) is 13.2 Å². The second-order valence-corrected chi connectivity index (χ2v) is 5.69. The molecule has 0 aliphatic rings. The third kappa shape index (κ3) is 5.29. The summed E-state index contributed by atoms with van der Waals surface area (Å²) in [6, 6.07) is 9.61. The lowest BCUT2D eigenvalue weighted by Crippen LogP contribution is -2.16. The lowest BCUT2D eigenvalue weighted by atomic mass is 10.2. The second kappa shape index (κ2) is 8.47. The summed E-state index contributed by atoms with van der Waals surface area (Å²) >= 11 is 9.41. The fourth-order valence-electron chi connectivity index (χ4n) is 1.75. The van der Waals surface area contributed by atoms with Gasteiger partial charge in [-0.1, -0.05) is 33.6 Å². The van der Waals surface area contributed by atoms with E-state index in [4.69, 9.17) is 20.8 Å². The number of nitrogens with one attached hydrogen (secondary N) is 1. The summed E-state index contributed by atoms with van der Waals surface area (Å²) < 4.78 is 11.7. The molecule has 1 aromatic heterocycles. The summed E-state index contributed by atoms with van der Waals surface area (Å²) in [5.41, 5.74) is 1.20. The van der Waals surface area contributed by atoms with Crippen LogP contribution in [-0.2, 0) is 17.9 Å². The number of hydrogen-bond acceptors (Lipinski definition) is 3. The van der Waals surface area contributed by atoms with Crippen molar-refractivity contribution in [2.24, 2.45) is 0 Å². The Kier molecular flexibility index (Phi) is 6.60. The van der Waals surface area contributed by atoms with E-state index in [2.05, 4.69) is 21.2 Å². The van der Waals surface area contributed by atoms with Crippen LogP contribution < -0.4 is 5.32 Å². The molecule has 1 aromatic carbocycles. The molecule has 0 aliphatic carbocycles. The number of furan rings is 1. The first kappa shape index (κ1) is 15.6. The van der Waals surface area contributed by atoms with Crippen LogP contribution in [0.5, 0.6) is 0 Å². The minimum Gasteiger partial charge on any atom is -0.467 e. The topological polar surface area (TPSA) is 34.4 Å². The summed E-state index contributed by atoms with van der Waals surface area (Å²) in [6.07, 6.45) is 2.62. The summed E-state index contributed by atoms with van der Waals surface area (Å²) in [5, 5.41) is 4.12. The molecule has 2 rings (SSSR count). The molecule has 0 saturated heterocycles. The molecule has 20 heavy (non-hydrogen) atoms. The first-order valence-electron chi connectivity index (χ1n) is 6.50. The molecule has 0 amide bonds. The Morgan fingerprint density at radius 2 is 2.20 bits per heavy atom. The van der Waals surface area contributed by atoms with E-state index in [1.54, 1.807) is 6.26 Å². The van der Waals surface area contributed by atoms with Crippen molar-refractivity contribution < 1.29 is 9.15 Å². The van der Waals surface area contributed by atoms with Gasteiger partial charge in [-0.05, 0) is 42.8 Å². The van der Waals surface area contributed by atoms with Gasteiger partial charge in [-0.2, -0.15) is 0 Å². The van der Waals surface area contributed by atoms with Crippen molar-refractivity contribution in [3.05, 3.63) is 57.4 Å². The van der Waals surface area contributed by atoms with Crippen molar-refractivity contribution >= 4 is 27.5 Å². The van der Waals surface area contributed by atoms with Gasteiger partial charge in [-0.3, -0.25) is 0 Å². The number of halogens is 2. The molecule has 5 heteroatoms. The normalized spacial score (nSPS) is 10.9. The van der Waals surface area contributed by atoms with Gasteiger partial charge in [0.25, 0.3) is 0 Å². The Morgan fingerprint density at radius 3 is 2.95 bits per heavy atom. The molecule has 2 aromatic rings. The molecule has 0 unspecified atom stereocenters. The van der Waals surface area contributed by atoms with E-state index in [0.717, 1.165) is 41.4 Å². The van der Waals surface area contributed by atoms with E-state index in [-0.39, 0.29) is 0 Å². The first-order valence-corrected chi connectivity index (χ1v) is 7.67. The van der Waals surface area contributed by atoms with E-state index in [9.17, 15) is 0 Å². The molecule has 0 fully saturated rings. The highest BCUT2D eigenvalue weighted by Gasteiger charge is 2.00. The number of benzene rings is 1. The Balaban J connectivity index is 1.55. The van der Waals surface area contributed by atoms with E-state index in [1.807, 2.05) is 30.3 Å². The summed E-state index contributed by atoms with van der Waals surface area (Å²) in [5.74, 6) is 0.864. The maximum Gasteiger partial charge on any atom is 0.129 e. The molecule has 1 N–H and O–H groups in total. The highest BCUT2D eigenvalue weighted by atomic mass is 79.9. The Morgan fingerprint density at radius 1 is 1.30 bits per heavy atom.